The number of nitrogens with two attached hydrogens (primary N) is 1. The van der Waals surface area contributed by atoms with E-state index in [1.807, 2.05) is 0 Å². The van der Waals surface area contributed by atoms with Crippen LogP contribution in [0.2, 0.25) is 0 Å². The van der Waals surface area contributed by atoms with Crippen LogP contribution in [-0.2, 0) is 14.4 Å². The number of aliphatic hydroxyl groups excluding tert-OH is 1. The van der Waals surface area contributed by atoms with Crippen LogP contribution in [0, 0.1) is 5.92 Å². The lowest BCUT2D eigenvalue weighted by atomic mass is 9.80. The van der Waals surface area contributed by atoms with E-state index in [0.29, 0.717) is 19.5 Å². The van der Waals surface area contributed by atoms with Crippen molar-refractivity contribution in [3.8, 4) is 0 Å². The third-order valence-electron chi connectivity index (χ3n) is 5.38. The number of likely N-dealkylation sites (tertiary alicyclic amines) is 2. The van der Waals surface area contributed by atoms with Crippen LogP contribution in [0.1, 0.15) is 39.0 Å². The lowest BCUT2D eigenvalue weighted by molar-refractivity contribution is -0.177. The topological polar surface area (TPSA) is 104 Å². The molecule has 2 heterocycles. The highest BCUT2D eigenvalue weighted by Crippen LogP contribution is 2.42. The van der Waals surface area contributed by atoms with Gasteiger partial charge >= 0.3 is 0 Å². The second-order valence-corrected chi connectivity index (χ2v) is 6.77. The molecule has 7 heteroatoms. The minimum absolute atomic E-state index is 0.0560. The van der Waals surface area contributed by atoms with Crippen LogP contribution >= 0.6 is 0 Å². The molecule has 3 amide bonds. The number of nitrogens with zero attached hydrogens (tertiary/aromatic N) is 2. The van der Waals surface area contributed by atoms with Gasteiger partial charge in [-0.05, 0) is 32.6 Å². The fourth-order valence-electron chi connectivity index (χ4n) is 3.94. The highest BCUT2D eigenvalue weighted by molar-refractivity contribution is 6.00. The summed E-state index contributed by atoms with van der Waals surface area (Å²) in [6, 6.07) is -1.01. The molecular weight excluding hydrogens is 286 g/mol. The smallest absolute Gasteiger partial charge is 0.251 e. The van der Waals surface area contributed by atoms with Crippen molar-refractivity contribution in [1.82, 2.24) is 9.80 Å². The molecule has 122 valence electrons. The first-order valence-electron chi connectivity index (χ1n) is 7.98. The van der Waals surface area contributed by atoms with Crippen molar-refractivity contribution in [3.05, 3.63) is 0 Å². The first-order valence-corrected chi connectivity index (χ1v) is 7.98. The maximum Gasteiger partial charge on any atom is 0.251 e. The van der Waals surface area contributed by atoms with Gasteiger partial charge in [-0.25, -0.2) is 0 Å². The zero-order valence-corrected chi connectivity index (χ0v) is 12.8. The van der Waals surface area contributed by atoms with Crippen molar-refractivity contribution < 1.29 is 19.5 Å². The van der Waals surface area contributed by atoms with Gasteiger partial charge in [-0.2, -0.15) is 0 Å². The quantitative estimate of drug-likeness (QED) is 0.665. The molecule has 3 N–H and O–H groups in total. The third kappa shape index (κ3) is 2.02. The number of aliphatic hydroxyl groups is 1. The van der Waals surface area contributed by atoms with E-state index in [2.05, 4.69) is 0 Å². The molecule has 7 nitrogen and oxygen atoms in total. The minimum atomic E-state index is -1.02. The standard InChI is InChI=1S/C15H23N3O4/c1-9(19)11(12(16)20)17-8-15(14(17)22)6-3-7-18(15)13(21)10-4-2-5-10/h9-11,19H,2-8H2,1H3,(H2,16,20)/t9-,11+,15?/m1/s1. The Morgan fingerprint density at radius 3 is 2.50 bits per heavy atom. The average Bonchev–Trinajstić information content (AvgIpc) is 2.81. The Hall–Kier alpha value is -1.63. The molecule has 3 atom stereocenters. The molecule has 0 aromatic carbocycles. The van der Waals surface area contributed by atoms with E-state index in [4.69, 9.17) is 5.73 Å². The van der Waals surface area contributed by atoms with Crippen molar-refractivity contribution in [2.45, 2.75) is 56.7 Å². The number of hydrogen-bond donors (Lipinski definition) is 2. The molecule has 2 saturated heterocycles. The average molecular weight is 309 g/mol. The van der Waals surface area contributed by atoms with E-state index in [1.165, 1.54) is 11.8 Å². The number of amides is 3. The summed E-state index contributed by atoms with van der Waals surface area (Å²) < 4.78 is 0. The molecule has 0 aromatic heterocycles. The van der Waals surface area contributed by atoms with Crippen LogP contribution in [-0.4, -0.2) is 63.4 Å². The molecular formula is C15H23N3O4. The van der Waals surface area contributed by atoms with Gasteiger partial charge in [0.15, 0.2) is 0 Å². The normalized spacial score (nSPS) is 30.9. The molecule has 0 bridgehead atoms. The first-order chi connectivity index (χ1) is 10.4. The number of rotatable bonds is 4. The Bertz CT molecular complexity index is 517. The molecule has 0 aromatic rings. The number of carbonyl (C=O) groups is 3. The van der Waals surface area contributed by atoms with Gasteiger partial charge in [-0.15, -0.1) is 0 Å². The molecule has 2 aliphatic heterocycles. The van der Waals surface area contributed by atoms with Crippen molar-refractivity contribution in [2.24, 2.45) is 11.7 Å². The summed E-state index contributed by atoms with van der Waals surface area (Å²) in [7, 11) is 0. The van der Waals surface area contributed by atoms with Crippen LogP contribution < -0.4 is 5.73 Å². The summed E-state index contributed by atoms with van der Waals surface area (Å²) in [4.78, 5) is 39.8. The lowest BCUT2D eigenvalue weighted by Gasteiger charge is -2.54. The van der Waals surface area contributed by atoms with Gasteiger partial charge in [0.2, 0.25) is 11.8 Å². The Morgan fingerprint density at radius 1 is 1.36 bits per heavy atom. The summed E-state index contributed by atoms with van der Waals surface area (Å²) in [5, 5.41) is 9.70. The van der Waals surface area contributed by atoms with Crippen LogP contribution in [0.25, 0.3) is 0 Å². The van der Waals surface area contributed by atoms with Gasteiger partial charge in [0, 0.05) is 12.5 Å². The third-order valence-corrected chi connectivity index (χ3v) is 5.38. The highest BCUT2D eigenvalue weighted by atomic mass is 16.3. The van der Waals surface area contributed by atoms with E-state index < -0.39 is 23.6 Å². The predicted molar refractivity (Wildman–Crippen MR) is 77.4 cm³/mol. The zero-order chi connectivity index (χ0) is 16.1. The van der Waals surface area contributed by atoms with E-state index >= 15 is 0 Å². The van der Waals surface area contributed by atoms with Crippen LogP contribution in [0.4, 0.5) is 0 Å². The van der Waals surface area contributed by atoms with Gasteiger partial charge in [0.1, 0.15) is 11.6 Å². The highest BCUT2D eigenvalue weighted by Gasteiger charge is 2.62. The monoisotopic (exact) mass is 309 g/mol. The molecule has 1 spiro atoms. The van der Waals surface area contributed by atoms with E-state index in [0.717, 1.165) is 25.7 Å². The van der Waals surface area contributed by atoms with E-state index in [9.17, 15) is 19.5 Å². The van der Waals surface area contributed by atoms with Gasteiger partial charge in [-0.3, -0.25) is 14.4 Å². The summed E-state index contributed by atoms with van der Waals surface area (Å²) in [5.41, 5.74) is 4.50. The molecule has 1 saturated carbocycles. The minimum Gasteiger partial charge on any atom is -0.391 e. The second-order valence-electron chi connectivity index (χ2n) is 6.77. The first kappa shape index (κ1) is 15.3. The summed E-state index contributed by atoms with van der Waals surface area (Å²) >= 11 is 0. The fraction of sp³-hybridized carbons (Fsp3) is 0.800. The van der Waals surface area contributed by atoms with Gasteiger partial charge < -0.3 is 20.6 Å². The fourth-order valence-corrected chi connectivity index (χ4v) is 3.94. The van der Waals surface area contributed by atoms with Gasteiger partial charge in [0.05, 0.1) is 12.6 Å². The Balaban J connectivity index is 1.76. The second kappa shape index (κ2) is 5.22. The molecule has 1 unspecified atom stereocenters. The Labute approximate surface area is 129 Å². The van der Waals surface area contributed by atoms with Crippen LogP contribution in [0.15, 0.2) is 0 Å². The van der Waals surface area contributed by atoms with Gasteiger partial charge in [0.25, 0.3) is 5.91 Å². The molecule has 3 rings (SSSR count). The maximum atomic E-state index is 12.7. The number of carbonyl (C=O) groups excluding carboxylic acids is 3. The Morgan fingerprint density at radius 2 is 2.05 bits per heavy atom. The molecule has 0 radical (unpaired) electrons. The Kier molecular flexibility index (Phi) is 3.63. The van der Waals surface area contributed by atoms with Crippen molar-refractivity contribution >= 4 is 17.7 Å². The van der Waals surface area contributed by atoms with E-state index in [1.54, 1.807) is 4.90 Å². The van der Waals surface area contributed by atoms with Crippen molar-refractivity contribution in [3.63, 3.8) is 0 Å². The molecule has 3 aliphatic rings. The SMILES string of the molecule is C[C@@H](O)[C@@H](C(N)=O)N1CC2(CCCN2C(=O)C2CCC2)C1=O. The lowest BCUT2D eigenvalue weighted by Crippen LogP contribution is -2.77. The summed E-state index contributed by atoms with van der Waals surface area (Å²) in [6.07, 6.45) is 3.29. The van der Waals surface area contributed by atoms with Crippen molar-refractivity contribution in [2.75, 3.05) is 13.1 Å². The number of β-lactam (4-membered cyclic amide) rings is 1. The van der Waals surface area contributed by atoms with Crippen LogP contribution in [0.5, 0.6) is 0 Å². The van der Waals surface area contributed by atoms with Crippen LogP contribution in [0.3, 0.4) is 0 Å². The molecule has 22 heavy (non-hydrogen) atoms. The van der Waals surface area contributed by atoms with Gasteiger partial charge in [-0.1, -0.05) is 6.42 Å². The van der Waals surface area contributed by atoms with E-state index in [-0.39, 0.29) is 17.7 Å². The predicted octanol–water partition coefficient (Wildman–Crippen LogP) is -0.775. The maximum absolute atomic E-state index is 12.7. The number of hydrogen-bond acceptors (Lipinski definition) is 4. The largest absolute Gasteiger partial charge is 0.391 e. The zero-order valence-electron chi connectivity index (χ0n) is 12.8. The summed E-state index contributed by atoms with van der Waals surface area (Å²) in [5.74, 6) is -0.833. The van der Waals surface area contributed by atoms with Crippen molar-refractivity contribution in [1.29, 1.82) is 0 Å². The molecule has 1 aliphatic carbocycles. The molecule has 3 fully saturated rings. The number of primary amides is 1. The summed E-state index contributed by atoms with van der Waals surface area (Å²) in [6.45, 7) is 2.34.